The Morgan fingerprint density at radius 3 is 2.81 bits per heavy atom. The Labute approximate surface area is 132 Å². The van der Waals surface area contributed by atoms with E-state index >= 15 is 0 Å². The maximum absolute atomic E-state index is 12.5. The van der Waals surface area contributed by atoms with Crippen LogP contribution in [0.1, 0.15) is 27.0 Å². The molecule has 0 saturated carbocycles. The highest BCUT2D eigenvalue weighted by Gasteiger charge is 2.15. The number of ketones is 1. The number of methoxy groups -OCH3 is 1. The number of fused-ring (bicyclic) bond motifs is 1. The molecular weight excluding hydrogens is 330 g/mol. The lowest BCUT2D eigenvalue weighted by Gasteiger charge is -2.09. The second-order valence-electron chi connectivity index (χ2n) is 5.14. The van der Waals surface area contributed by atoms with E-state index in [9.17, 15) is 4.79 Å². The summed E-state index contributed by atoms with van der Waals surface area (Å²) in [4.78, 5) is 12.5. The number of carbonyl (C=O) groups excluding carboxylic acids is 1. The highest BCUT2D eigenvalue weighted by atomic mass is 79.9. The van der Waals surface area contributed by atoms with Gasteiger partial charge in [0.25, 0.3) is 0 Å². The molecule has 3 rings (SSSR count). The molecule has 1 heterocycles. The maximum atomic E-state index is 12.5. The summed E-state index contributed by atoms with van der Waals surface area (Å²) < 4.78 is 6.28. The number of halogens is 1. The molecule has 1 N–H and O–H groups in total. The average Bonchev–Trinajstić information content (AvgIpc) is 2.94. The first-order valence-electron chi connectivity index (χ1n) is 6.85. The summed E-state index contributed by atoms with van der Waals surface area (Å²) in [6.45, 7) is 1.74. The van der Waals surface area contributed by atoms with Crippen molar-refractivity contribution in [3.05, 3.63) is 63.1 Å². The standard InChI is InChI=1S/C17H16BrNO2/c1-21-17-5-4-15(18)7-13(17)8-16(20)11-2-3-12-9-19-10-14(12)6-11/h2-7,19H,8-10H2,1H3. The molecule has 2 aromatic carbocycles. The van der Waals surface area contributed by atoms with Gasteiger partial charge in [0.1, 0.15) is 5.75 Å². The molecular formula is C17H16BrNO2. The molecule has 1 aliphatic rings. The zero-order valence-electron chi connectivity index (χ0n) is 11.8. The summed E-state index contributed by atoms with van der Waals surface area (Å²) in [5.41, 5.74) is 4.17. The van der Waals surface area contributed by atoms with E-state index in [1.807, 2.05) is 36.4 Å². The number of carbonyl (C=O) groups is 1. The van der Waals surface area contributed by atoms with Gasteiger partial charge in [-0.3, -0.25) is 4.79 Å². The predicted molar refractivity (Wildman–Crippen MR) is 85.7 cm³/mol. The minimum absolute atomic E-state index is 0.112. The second kappa shape index (κ2) is 6.00. The van der Waals surface area contributed by atoms with Gasteiger partial charge in [-0.25, -0.2) is 0 Å². The van der Waals surface area contributed by atoms with Gasteiger partial charge in [-0.2, -0.15) is 0 Å². The van der Waals surface area contributed by atoms with Gasteiger partial charge in [0.15, 0.2) is 5.78 Å². The Morgan fingerprint density at radius 2 is 2.00 bits per heavy atom. The molecule has 0 amide bonds. The second-order valence-corrected chi connectivity index (χ2v) is 6.06. The Kier molecular flexibility index (Phi) is 4.08. The van der Waals surface area contributed by atoms with Crippen LogP contribution in [0.2, 0.25) is 0 Å². The minimum atomic E-state index is 0.112. The molecule has 3 nitrogen and oxygen atoms in total. The Bertz CT molecular complexity index is 697. The van der Waals surface area contributed by atoms with Gasteiger partial charge in [-0.05, 0) is 35.4 Å². The Morgan fingerprint density at radius 1 is 1.19 bits per heavy atom. The largest absolute Gasteiger partial charge is 0.496 e. The lowest BCUT2D eigenvalue weighted by Crippen LogP contribution is -2.06. The van der Waals surface area contributed by atoms with Crippen LogP contribution in [0.3, 0.4) is 0 Å². The van der Waals surface area contributed by atoms with Crippen LogP contribution in [0.25, 0.3) is 0 Å². The van der Waals surface area contributed by atoms with Gasteiger partial charge in [0.2, 0.25) is 0 Å². The third-order valence-electron chi connectivity index (χ3n) is 3.75. The Hall–Kier alpha value is -1.65. The lowest BCUT2D eigenvalue weighted by atomic mass is 9.99. The normalized spacial score (nSPS) is 13.0. The van der Waals surface area contributed by atoms with Crippen LogP contribution in [0, 0.1) is 0 Å². The number of hydrogen-bond donors (Lipinski definition) is 1. The van der Waals surface area contributed by atoms with Crippen molar-refractivity contribution in [3.63, 3.8) is 0 Å². The van der Waals surface area contributed by atoms with Crippen molar-refractivity contribution in [1.29, 1.82) is 0 Å². The smallest absolute Gasteiger partial charge is 0.167 e. The fourth-order valence-electron chi connectivity index (χ4n) is 2.63. The van der Waals surface area contributed by atoms with E-state index in [1.165, 1.54) is 11.1 Å². The third-order valence-corrected chi connectivity index (χ3v) is 4.25. The van der Waals surface area contributed by atoms with Crippen molar-refractivity contribution in [2.75, 3.05) is 7.11 Å². The SMILES string of the molecule is COc1ccc(Br)cc1CC(=O)c1ccc2c(c1)CNC2. The summed E-state index contributed by atoms with van der Waals surface area (Å²) in [5.74, 6) is 0.857. The molecule has 0 aliphatic carbocycles. The Balaban J connectivity index is 1.85. The first kappa shape index (κ1) is 14.3. The molecule has 108 valence electrons. The highest BCUT2D eigenvalue weighted by molar-refractivity contribution is 9.10. The molecule has 0 atom stereocenters. The maximum Gasteiger partial charge on any atom is 0.167 e. The first-order valence-corrected chi connectivity index (χ1v) is 7.65. The quantitative estimate of drug-likeness (QED) is 0.862. The zero-order valence-corrected chi connectivity index (χ0v) is 13.4. The van der Waals surface area contributed by atoms with E-state index in [-0.39, 0.29) is 5.78 Å². The topological polar surface area (TPSA) is 38.3 Å². The molecule has 0 radical (unpaired) electrons. The van der Waals surface area contributed by atoms with Gasteiger partial charge in [-0.15, -0.1) is 0 Å². The van der Waals surface area contributed by atoms with Gasteiger partial charge in [0.05, 0.1) is 7.11 Å². The van der Waals surface area contributed by atoms with Crippen molar-refractivity contribution in [2.24, 2.45) is 0 Å². The number of ether oxygens (including phenoxy) is 1. The zero-order chi connectivity index (χ0) is 14.8. The summed E-state index contributed by atoms with van der Waals surface area (Å²) in [7, 11) is 1.62. The fraction of sp³-hybridized carbons (Fsp3) is 0.235. The van der Waals surface area contributed by atoms with E-state index in [1.54, 1.807) is 7.11 Å². The molecule has 2 aromatic rings. The average molecular weight is 346 g/mol. The summed E-state index contributed by atoms with van der Waals surface area (Å²) in [5, 5.41) is 3.29. The summed E-state index contributed by atoms with van der Waals surface area (Å²) in [6, 6.07) is 11.7. The molecule has 1 aliphatic heterocycles. The molecule has 4 heteroatoms. The van der Waals surface area contributed by atoms with Crippen molar-refractivity contribution in [3.8, 4) is 5.75 Å². The van der Waals surface area contributed by atoms with Crippen LogP contribution in [0.5, 0.6) is 5.75 Å². The number of hydrogen-bond acceptors (Lipinski definition) is 3. The van der Waals surface area contributed by atoms with Crippen molar-refractivity contribution in [2.45, 2.75) is 19.5 Å². The van der Waals surface area contributed by atoms with Crippen molar-refractivity contribution >= 4 is 21.7 Å². The first-order chi connectivity index (χ1) is 10.2. The van der Waals surface area contributed by atoms with Gasteiger partial charge >= 0.3 is 0 Å². The molecule has 0 bridgehead atoms. The van der Waals surface area contributed by atoms with Crippen LogP contribution in [0.15, 0.2) is 40.9 Å². The van der Waals surface area contributed by atoms with Crippen LogP contribution < -0.4 is 10.1 Å². The van der Waals surface area contributed by atoms with Crippen LogP contribution in [-0.2, 0) is 19.5 Å². The predicted octanol–water partition coefficient (Wildman–Crippen LogP) is 3.49. The molecule has 21 heavy (non-hydrogen) atoms. The van der Waals surface area contributed by atoms with Crippen LogP contribution in [0.4, 0.5) is 0 Å². The summed E-state index contributed by atoms with van der Waals surface area (Å²) in [6.07, 6.45) is 0.342. The highest BCUT2D eigenvalue weighted by Crippen LogP contribution is 2.25. The number of rotatable bonds is 4. The molecule has 0 spiro atoms. The van der Waals surface area contributed by atoms with E-state index in [0.29, 0.717) is 6.42 Å². The monoisotopic (exact) mass is 345 g/mol. The molecule has 0 aromatic heterocycles. The van der Waals surface area contributed by atoms with Gasteiger partial charge in [0, 0.05) is 35.1 Å². The number of nitrogens with one attached hydrogen (secondary N) is 1. The number of benzene rings is 2. The van der Waals surface area contributed by atoms with Crippen LogP contribution >= 0.6 is 15.9 Å². The molecule has 0 fully saturated rings. The van der Waals surface area contributed by atoms with Gasteiger partial charge < -0.3 is 10.1 Å². The fourth-order valence-corrected chi connectivity index (χ4v) is 3.04. The number of Topliss-reactive ketones (excluding diaryl/α,β-unsaturated/α-hetero) is 1. The minimum Gasteiger partial charge on any atom is -0.496 e. The third kappa shape index (κ3) is 3.01. The van der Waals surface area contributed by atoms with Crippen molar-refractivity contribution in [1.82, 2.24) is 5.32 Å². The summed E-state index contributed by atoms with van der Waals surface area (Å²) >= 11 is 3.44. The van der Waals surface area contributed by atoms with E-state index in [4.69, 9.17) is 4.74 Å². The van der Waals surface area contributed by atoms with E-state index < -0.39 is 0 Å². The van der Waals surface area contributed by atoms with Gasteiger partial charge in [-0.1, -0.05) is 28.1 Å². The van der Waals surface area contributed by atoms with Crippen molar-refractivity contribution < 1.29 is 9.53 Å². The molecule has 0 unspecified atom stereocenters. The molecule has 0 saturated heterocycles. The van der Waals surface area contributed by atoms with E-state index in [0.717, 1.165) is 34.4 Å². The van der Waals surface area contributed by atoms with Crippen LogP contribution in [-0.4, -0.2) is 12.9 Å². The lowest BCUT2D eigenvalue weighted by molar-refractivity contribution is 0.0992. The van der Waals surface area contributed by atoms with E-state index in [2.05, 4.69) is 21.2 Å².